The molecule has 110 valence electrons. The van der Waals surface area contributed by atoms with E-state index < -0.39 is 35.6 Å². The van der Waals surface area contributed by atoms with Gasteiger partial charge < -0.3 is 42.1 Å². The highest BCUT2D eigenvalue weighted by Gasteiger charge is 2.73. The number of aliphatic hydroxyl groups is 3. The number of nitrogens with two attached hydrogens (primary N) is 2. The van der Waals surface area contributed by atoms with E-state index >= 15 is 0 Å². The van der Waals surface area contributed by atoms with Gasteiger partial charge >= 0.3 is 5.97 Å². The predicted molar refractivity (Wildman–Crippen MR) is 64.2 cm³/mol. The average molecular weight is 286 g/mol. The minimum atomic E-state index is -2.70. The summed E-state index contributed by atoms with van der Waals surface area (Å²) in [5.41, 5.74) is 9.36. The van der Waals surface area contributed by atoms with Gasteiger partial charge in [-0.2, -0.15) is 0 Å². The van der Waals surface area contributed by atoms with Crippen LogP contribution >= 0.6 is 0 Å². The molecule has 3 heterocycles. The Hall–Kier alpha value is -2.11. The molecule has 20 heavy (non-hydrogen) atoms. The molecule has 3 aliphatic rings. The normalized spacial score (nSPS) is 41.4. The molecule has 3 aliphatic heterocycles. The fourth-order valence-electron chi connectivity index (χ4n) is 3.02. The van der Waals surface area contributed by atoms with Gasteiger partial charge in [0.1, 0.15) is 12.1 Å². The minimum absolute atomic E-state index is 0.183. The van der Waals surface area contributed by atoms with Gasteiger partial charge in [-0.3, -0.25) is 0 Å². The van der Waals surface area contributed by atoms with E-state index in [1.807, 2.05) is 0 Å². The highest BCUT2D eigenvalue weighted by molar-refractivity contribution is 5.91. The number of aliphatic imine (C=N–C) groups is 2. The van der Waals surface area contributed by atoms with Gasteiger partial charge in [0.05, 0.1) is 6.54 Å². The van der Waals surface area contributed by atoms with Crippen molar-refractivity contribution in [2.45, 2.75) is 29.6 Å². The van der Waals surface area contributed by atoms with Gasteiger partial charge in [-0.25, -0.2) is 14.8 Å². The maximum atomic E-state index is 11.3. The molecule has 4 atom stereocenters. The summed E-state index contributed by atoms with van der Waals surface area (Å²) in [5.74, 6) is -4.46. The maximum Gasteiger partial charge on any atom is 0.331 e. The quantitative estimate of drug-likeness (QED) is 0.231. The van der Waals surface area contributed by atoms with Crippen molar-refractivity contribution in [3.05, 3.63) is 0 Å². The molecule has 3 rings (SSSR count). The van der Waals surface area contributed by atoms with E-state index in [-0.39, 0.29) is 18.5 Å². The molecule has 0 saturated carbocycles. The average Bonchev–Trinajstić information content (AvgIpc) is 2.78. The van der Waals surface area contributed by atoms with Crippen LogP contribution in [0.15, 0.2) is 9.98 Å². The Morgan fingerprint density at radius 3 is 2.65 bits per heavy atom. The summed E-state index contributed by atoms with van der Waals surface area (Å²) in [6, 6.07) is -2.68. The molecule has 0 aromatic rings. The lowest BCUT2D eigenvalue weighted by atomic mass is 9.86. The summed E-state index contributed by atoms with van der Waals surface area (Å²) in [6.07, 6.45) is -1.60. The van der Waals surface area contributed by atoms with Crippen molar-refractivity contribution in [3.63, 3.8) is 0 Å². The Labute approximate surface area is 112 Å². The van der Waals surface area contributed by atoms with E-state index in [4.69, 9.17) is 11.5 Å². The van der Waals surface area contributed by atoms with Crippen LogP contribution in [0.5, 0.6) is 0 Å². The fraction of sp³-hybridized carbons (Fsp3) is 0.667. The standard InChI is InChI=1S/C9H14N6O5/c10-6-13-4-3(5(17)18)12-7(11)15-1-2(16)9(19,20)8(4,15)14-6/h2-4,16,19-20H,1H2,(H2,11,12)(H,17,18)(H3,10,13,14)/t2-,3+,4-,8-/m0/s1. The number of nitrogens with zero attached hydrogens (tertiary/aromatic N) is 3. The van der Waals surface area contributed by atoms with Gasteiger partial charge in [0.15, 0.2) is 23.6 Å². The van der Waals surface area contributed by atoms with E-state index in [0.29, 0.717) is 0 Å². The Morgan fingerprint density at radius 1 is 1.40 bits per heavy atom. The largest absolute Gasteiger partial charge is 0.480 e. The third kappa shape index (κ3) is 1.21. The molecule has 0 bridgehead atoms. The molecule has 9 N–H and O–H groups in total. The van der Waals surface area contributed by atoms with Gasteiger partial charge in [-0.15, -0.1) is 0 Å². The zero-order chi connectivity index (χ0) is 14.9. The first-order chi connectivity index (χ1) is 9.21. The van der Waals surface area contributed by atoms with E-state index in [2.05, 4.69) is 15.3 Å². The predicted octanol–water partition coefficient (Wildman–Crippen LogP) is -4.89. The summed E-state index contributed by atoms with van der Waals surface area (Å²) >= 11 is 0. The van der Waals surface area contributed by atoms with Crippen molar-refractivity contribution in [2.24, 2.45) is 21.5 Å². The Balaban J connectivity index is 2.20. The molecule has 0 aromatic heterocycles. The highest BCUT2D eigenvalue weighted by Crippen LogP contribution is 2.44. The first kappa shape index (κ1) is 12.9. The van der Waals surface area contributed by atoms with Crippen LogP contribution in [0.2, 0.25) is 0 Å². The molecule has 0 aromatic carbocycles. The first-order valence-electron chi connectivity index (χ1n) is 5.80. The van der Waals surface area contributed by atoms with Crippen LogP contribution in [-0.4, -0.2) is 79.4 Å². The lowest BCUT2D eigenvalue weighted by Crippen LogP contribution is -2.77. The van der Waals surface area contributed by atoms with Crippen LogP contribution < -0.4 is 16.8 Å². The smallest absolute Gasteiger partial charge is 0.331 e. The van der Waals surface area contributed by atoms with Gasteiger partial charge in [0.25, 0.3) is 0 Å². The second-order valence-corrected chi connectivity index (χ2v) is 4.97. The summed E-state index contributed by atoms with van der Waals surface area (Å²) in [4.78, 5) is 20.1. The van der Waals surface area contributed by atoms with Crippen LogP contribution in [-0.2, 0) is 4.79 Å². The Kier molecular flexibility index (Phi) is 2.26. The lowest BCUT2D eigenvalue weighted by molar-refractivity contribution is -0.257. The van der Waals surface area contributed by atoms with Crippen LogP contribution in [0.4, 0.5) is 0 Å². The molecular formula is C9H14N6O5. The molecular weight excluding hydrogens is 272 g/mol. The monoisotopic (exact) mass is 286 g/mol. The lowest BCUT2D eigenvalue weighted by Gasteiger charge is -2.47. The van der Waals surface area contributed by atoms with Crippen LogP contribution in [0.25, 0.3) is 0 Å². The number of hydrogen-bond donors (Lipinski definition) is 7. The third-order valence-electron chi connectivity index (χ3n) is 3.93. The number of aliphatic hydroxyl groups excluding tert-OH is 1. The van der Waals surface area contributed by atoms with Gasteiger partial charge in [0, 0.05) is 0 Å². The van der Waals surface area contributed by atoms with Crippen LogP contribution in [0.3, 0.4) is 0 Å². The summed E-state index contributed by atoms with van der Waals surface area (Å²) in [5, 5.41) is 42.0. The second-order valence-electron chi connectivity index (χ2n) is 4.97. The minimum Gasteiger partial charge on any atom is -0.480 e. The Bertz CT molecular complexity index is 547. The number of carbonyl (C=O) groups is 1. The molecule has 0 radical (unpaired) electrons. The van der Waals surface area contributed by atoms with E-state index in [9.17, 15) is 25.2 Å². The molecule has 1 saturated heterocycles. The van der Waals surface area contributed by atoms with Gasteiger partial charge in [-0.1, -0.05) is 0 Å². The number of rotatable bonds is 1. The molecule has 11 nitrogen and oxygen atoms in total. The highest BCUT2D eigenvalue weighted by atomic mass is 16.5. The van der Waals surface area contributed by atoms with Gasteiger partial charge in [-0.05, 0) is 0 Å². The molecule has 0 amide bonds. The number of guanidine groups is 2. The van der Waals surface area contributed by atoms with Crippen molar-refractivity contribution in [3.8, 4) is 0 Å². The van der Waals surface area contributed by atoms with Crippen LogP contribution in [0.1, 0.15) is 0 Å². The number of carboxylic acids is 1. The van der Waals surface area contributed by atoms with E-state index in [0.717, 1.165) is 0 Å². The number of hydrogen-bond acceptors (Lipinski definition) is 10. The molecule has 1 fully saturated rings. The summed E-state index contributed by atoms with van der Waals surface area (Å²) in [6.45, 7) is -0.249. The summed E-state index contributed by atoms with van der Waals surface area (Å²) < 4.78 is 0. The van der Waals surface area contributed by atoms with Crippen LogP contribution in [0, 0.1) is 0 Å². The van der Waals surface area contributed by atoms with Crippen molar-refractivity contribution in [2.75, 3.05) is 6.54 Å². The van der Waals surface area contributed by atoms with Crippen molar-refractivity contribution < 1.29 is 25.2 Å². The molecule has 11 heteroatoms. The third-order valence-corrected chi connectivity index (χ3v) is 3.93. The zero-order valence-electron chi connectivity index (χ0n) is 10.1. The van der Waals surface area contributed by atoms with Crippen molar-refractivity contribution in [1.82, 2.24) is 10.2 Å². The van der Waals surface area contributed by atoms with Crippen molar-refractivity contribution >= 4 is 17.9 Å². The number of carboxylic acid groups (broad SMARTS) is 1. The second kappa shape index (κ2) is 3.50. The fourth-order valence-corrected chi connectivity index (χ4v) is 3.02. The van der Waals surface area contributed by atoms with Crippen molar-refractivity contribution in [1.29, 1.82) is 0 Å². The maximum absolute atomic E-state index is 11.3. The topological polar surface area (TPSA) is 190 Å². The molecule has 0 aliphatic carbocycles. The van der Waals surface area contributed by atoms with Gasteiger partial charge in [0.2, 0.25) is 5.79 Å². The SMILES string of the molecule is NC1=N[C@H]2[C@H](C(=O)O)N=C(N)N3C[C@H](O)C(O)(O)[C@]23N1. The van der Waals surface area contributed by atoms with E-state index in [1.54, 1.807) is 0 Å². The first-order valence-corrected chi connectivity index (χ1v) is 5.80. The number of aliphatic carboxylic acids is 1. The Morgan fingerprint density at radius 2 is 2.05 bits per heavy atom. The number of nitrogens with one attached hydrogen (secondary N) is 1. The molecule has 1 spiro atoms. The zero-order valence-corrected chi connectivity index (χ0v) is 10.1. The summed E-state index contributed by atoms with van der Waals surface area (Å²) in [7, 11) is 0. The van der Waals surface area contributed by atoms with E-state index in [1.165, 1.54) is 4.90 Å². The molecule has 0 unspecified atom stereocenters.